The molecule has 0 aliphatic carbocycles. The van der Waals surface area contributed by atoms with Crippen molar-refractivity contribution in [3.63, 3.8) is 0 Å². The van der Waals surface area contributed by atoms with E-state index in [9.17, 15) is 0 Å². The molecule has 1 aliphatic heterocycles. The maximum absolute atomic E-state index is 5.13. The van der Waals surface area contributed by atoms with Crippen molar-refractivity contribution in [2.75, 3.05) is 6.54 Å². The summed E-state index contributed by atoms with van der Waals surface area (Å²) in [5.41, 5.74) is 7.30. The zero-order valence-electron chi connectivity index (χ0n) is 5.96. The molecule has 0 amide bonds. The number of nitrogens with one attached hydrogen (secondary N) is 1. The van der Waals surface area contributed by atoms with E-state index in [-0.39, 0.29) is 0 Å². The highest BCUT2D eigenvalue weighted by Crippen LogP contribution is 2.08. The fourth-order valence-corrected chi connectivity index (χ4v) is 0.831. The summed E-state index contributed by atoms with van der Waals surface area (Å²) in [7, 11) is 0. The SMILES string of the molecule is C/C(N=CN)=C1\C=CNC1. The van der Waals surface area contributed by atoms with E-state index in [0.717, 1.165) is 12.2 Å². The second-order valence-corrected chi connectivity index (χ2v) is 2.10. The number of allylic oxidation sites excluding steroid dienone is 1. The first-order chi connectivity index (χ1) is 4.84. The van der Waals surface area contributed by atoms with Crippen molar-refractivity contribution < 1.29 is 0 Å². The van der Waals surface area contributed by atoms with E-state index in [1.807, 2.05) is 19.2 Å². The van der Waals surface area contributed by atoms with Crippen LogP contribution in [-0.4, -0.2) is 12.9 Å². The molecule has 0 atom stereocenters. The van der Waals surface area contributed by atoms with Crippen molar-refractivity contribution in [3.8, 4) is 0 Å². The molecule has 0 bridgehead atoms. The Hall–Kier alpha value is -1.25. The summed E-state index contributed by atoms with van der Waals surface area (Å²) in [5, 5.41) is 3.06. The van der Waals surface area contributed by atoms with Crippen LogP contribution in [0.15, 0.2) is 28.5 Å². The molecule has 0 saturated heterocycles. The second kappa shape index (κ2) is 3.06. The number of hydrogen-bond donors (Lipinski definition) is 2. The van der Waals surface area contributed by atoms with Gasteiger partial charge in [-0.05, 0) is 24.8 Å². The largest absolute Gasteiger partial charge is 0.390 e. The van der Waals surface area contributed by atoms with E-state index in [1.54, 1.807) is 0 Å². The highest BCUT2D eigenvalue weighted by molar-refractivity contribution is 5.54. The first-order valence-electron chi connectivity index (χ1n) is 3.18. The average molecular weight is 137 g/mol. The molecule has 0 aromatic rings. The normalized spacial score (nSPS) is 21.7. The van der Waals surface area contributed by atoms with Gasteiger partial charge in [-0.25, -0.2) is 4.99 Å². The Morgan fingerprint density at radius 3 is 3.20 bits per heavy atom. The lowest BCUT2D eigenvalue weighted by Crippen LogP contribution is -2.01. The van der Waals surface area contributed by atoms with Gasteiger partial charge in [0, 0.05) is 12.2 Å². The molecule has 0 aromatic carbocycles. The molecular weight excluding hydrogens is 126 g/mol. The summed E-state index contributed by atoms with van der Waals surface area (Å²) < 4.78 is 0. The number of hydrogen-bond acceptors (Lipinski definition) is 2. The van der Waals surface area contributed by atoms with Crippen molar-refractivity contribution in [2.45, 2.75) is 6.92 Å². The van der Waals surface area contributed by atoms with Crippen molar-refractivity contribution in [1.82, 2.24) is 5.32 Å². The minimum absolute atomic E-state index is 0.864. The highest BCUT2D eigenvalue weighted by Gasteiger charge is 2.00. The molecule has 0 fully saturated rings. The third kappa shape index (κ3) is 1.37. The summed E-state index contributed by atoms with van der Waals surface area (Å²) in [5.74, 6) is 0. The zero-order valence-corrected chi connectivity index (χ0v) is 5.96. The van der Waals surface area contributed by atoms with Gasteiger partial charge in [0.1, 0.15) is 0 Å². The van der Waals surface area contributed by atoms with E-state index in [2.05, 4.69) is 10.3 Å². The topological polar surface area (TPSA) is 50.4 Å². The molecule has 3 nitrogen and oxygen atoms in total. The molecule has 1 aliphatic rings. The molecule has 0 radical (unpaired) electrons. The number of nitrogens with zero attached hydrogens (tertiary/aromatic N) is 1. The van der Waals surface area contributed by atoms with Gasteiger partial charge in [-0.2, -0.15) is 0 Å². The van der Waals surface area contributed by atoms with Gasteiger partial charge in [-0.1, -0.05) is 0 Å². The highest BCUT2D eigenvalue weighted by atomic mass is 14.9. The Kier molecular flexibility index (Phi) is 2.10. The van der Waals surface area contributed by atoms with Crippen molar-refractivity contribution in [3.05, 3.63) is 23.5 Å². The van der Waals surface area contributed by atoms with Crippen LogP contribution in [0.3, 0.4) is 0 Å². The molecule has 3 N–H and O–H groups in total. The third-order valence-corrected chi connectivity index (χ3v) is 1.43. The zero-order chi connectivity index (χ0) is 7.40. The van der Waals surface area contributed by atoms with Crippen LogP contribution >= 0.6 is 0 Å². The van der Waals surface area contributed by atoms with E-state index in [1.165, 1.54) is 11.9 Å². The monoisotopic (exact) mass is 137 g/mol. The Balaban J connectivity index is 2.74. The van der Waals surface area contributed by atoms with Gasteiger partial charge in [-0.3, -0.25) is 0 Å². The predicted molar refractivity (Wildman–Crippen MR) is 42.5 cm³/mol. The summed E-state index contributed by atoms with van der Waals surface area (Å²) in [6, 6.07) is 0. The summed E-state index contributed by atoms with van der Waals surface area (Å²) in [6.07, 6.45) is 5.22. The van der Waals surface area contributed by atoms with Crippen molar-refractivity contribution in [1.29, 1.82) is 0 Å². The van der Waals surface area contributed by atoms with E-state index < -0.39 is 0 Å². The maximum Gasteiger partial charge on any atom is 0.0856 e. The quantitative estimate of drug-likeness (QED) is 0.405. The fourth-order valence-electron chi connectivity index (χ4n) is 0.831. The Morgan fingerprint density at radius 1 is 1.90 bits per heavy atom. The van der Waals surface area contributed by atoms with Crippen LogP contribution in [0.5, 0.6) is 0 Å². The lowest BCUT2D eigenvalue weighted by molar-refractivity contribution is 0.990. The van der Waals surface area contributed by atoms with Crippen molar-refractivity contribution >= 4 is 6.34 Å². The lowest BCUT2D eigenvalue weighted by atomic mass is 10.2. The molecule has 1 heterocycles. The maximum atomic E-state index is 5.13. The van der Waals surface area contributed by atoms with Crippen LogP contribution in [0.1, 0.15) is 6.92 Å². The summed E-state index contributed by atoms with van der Waals surface area (Å²) in [6.45, 7) is 2.80. The van der Waals surface area contributed by atoms with Gasteiger partial charge in [-0.15, -0.1) is 0 Å². The number of aliphatic imine (C=N–C) groups is 1. The molecule has 0 aromatic heterocycles. The van der Waals surface area contributed by atoms with Gasteiger partial charge in [0.25, 0.3) is 0 Å². The van der Waals surface area contributed by atoms with Crippen LogP contribution in [0.4, 0.5) is 0 Å². The Labute approximate surface area is 60.3 Å². The molecule has 3 heteroatoms. The van der Waals surface area contributed by atoms with Crippen molar-refractivity contribution in [2.24, 2.45) is 10.7 Å². The van der Waals surface area contributed by atoms with E-state index >= 15 is 0 Å². The Morgan fingerprint density at radius 2 is 2.70 bits per heavy atom. The molecule has 0 unspecified atom stereocenters. The van der Waals surface area contributed by atoms with Gasteiger partial charge in [0.15, 0.2) is 0 Å². The minimum atomic E-state index is 0.864. The van der Waals surface area contributed by atoms with Gasteiger partial charge >= 0.3 is 0 Å². The van der Waals surface area contributed by atoms with E-state index in [4.69, 9.17) is 5.73 Å². The molecule has 0 spiro atoms. The van der Waals surface area contributed by atoms with E-state index in [0.29, 0.717) is 0 Å². The van der Waals surface area contributed by atoms with Crippen LogP contribution < -0.4 is 11.1 Å². The standard InChI is InChI=1S/C7H11N3/c1-6(10-5-8)7-2-3-9-4-7/h2-3,5,9H,4H2,1H3,(H2,8,10)/b7-6-. The van der Waals surface area contributed by atoms with Crippen LogP contribution in [-0.2, 0) is 0 Å². The lowest BCUT2D eigenvalue weighted by Gasteiger charge is -1.95. The number of nitrogens with two attached hydrogens (primary N) is 1. The van der Waals surface area contributed by atoms with Gasteiger partial charge in [0.2, 0.25) is 0 Å². The van der Waals surface area contributed by atoms with Gasteiger partial charge in [0.05, 0.1) is 6.34 Å². The smallest absolute Gasteiger partial charge is 0.0856 e. The second-order valence-electron chi connectivity index (χ2n) is 2.10. The van der Waals surface area contributed by atoms with Crippen LogP contribution in [0, 0.1) is 0 Å². The van der Waals surface area contributed by atoms with Crippen LogP contribution in [0.25, 0.3) is 0 Å². The minimum Gasteiger partial charge on any atom is -0.390 e. The first-order valence-corrected chi connectivity index (χ1v) is 3.18. The van der Waals surface area contributed by atoms with Crippen LogP contribution in [0.2, 0.25) is 0 Å². The van der Waals surface area contributed by atoms with Gasteiger partial charge < -0.3 is 11.1 Å². The number of rotatable bonds is 1. The fraction of sp³-hybridized carbons (Fsp3) is 0.286. The summed E-state index contributed by atoms with van der Waals surface area (Å²) in [4.78, 5) is 3.95. The average Bonchev–Trinajstić information content (AvgIpc) is 2.38. The molecule has 1 rings (SSSR count). The third-order valence-electron chi connectivity index (χ3n) is 1.43. The Bertz CT molecular complexity index is 201. The molecule has 10 heavy (non-hydrogen) atoms. The molecular formula is C7H11N3. The first kappa shape index (κ1) is 6.86. The summed E-state index contributed by atoms with van der Waals surface area (Å²) >= 11 is 0. The predicted octanol–water partition coefficient (Wildman–Crippen LogP) is 0.364. The molecule has 54 valence electrons. The molecule has 0 saturated carbocycles.